The summed E-state index contributed by atoms with van der Waals surface area (Å²) in [5, 5.41) is 3.92. The zero-order valence-electron chi connectivity index (χ0n) is 14.6. The second-order valence-electron chi connectivity index (χ2n) is 6.10. The third kappa shape index (κ3) is 4.45. The van der Waals surface area contributed by atoms with Gasteiger partial charge in [0.1, 0.15) is 17.3 Å². The Morgan fingerprint density at radius 3 is 2.58 bits per heavy atom. The smallest absolute Gasteiger partial charge is 0.244 e. The average molecular weight is 350 g/mol. The van der Waals surface area contributed by atoms with E-state index in [1.807, 2.05) is 32.0 Å². The summed E-state index contributed by atoms with van der Waals surface area (Å²) in [6, 6.07) is 15.5. The number of halogens is 1. The topological polar surface area (TPSA) is 54.6 Å². The minimum Gasteiger partial charge on any atom is -0.455 e. The van der Waals surface area contributed by atoms with Gasteiger partial charge < -0.3 is 4.42 Å². The molecule has 0 atom stereocenters. The second kappa shape index (κ2) is 7.78. The van der Waals surface area contributed by atoms with Crippen LogP contribution in [0.25, 0.3) is 11.3 Å². The molecule has 0 saturated carbocycles. The van der Waals surface area contributed by atoms with Crippen molar-refractivity contribution < 1.29 is 13.6 Å². The van der Waals surface area contributed by atoms with E-state index in [0.717, 1.165) is 16.7 Å². The van der Waals surface area contributed by atoms with Gasteiger partial charge in [0.25, 0.3) is 0 Å². The lowest BCUT2D eigenvalue weighted by Crippen LogP contribution is -2.19. The fourth-order valence-electron chi connectivity index (χ4n) is 2.50. The van der Waals surface area contributed by atoms with Crippen LogP contribution in [0.1, 0.15) is 22.5 Å². The lowest BCUT2D eigenvalue weighted by atomic mass is 10.0. The molecule has 1 amide bonds. The summed E-state index contributed by atoms with van der Waals surface area (Å²) < 4.78 is 18.6. The van der Waals surface area contributed by atoms with Crippen LogP contribution in [0.4, 0.5) is 4.39 Å². The van der Waals surface area contributed by atoms with Gasteiger partial charge in [0.15, 0.2) is 0 Å². The summed E-state index contributed by atoms with van der Waals surface area (Å²) in [5.41, 5.74) is 6.55. The average Bonchev–Trinajstić information content (AvgIpc) is 3.08. The van der Waals surface area contributed by atoms with Gasteiger partial charge in [-0.2, -0.15) is 5.10 Å². The maximum atomic E-state index is 13.0. The van der Waals surface area contributed by atoms with E-state index in [2.05, 4.69) is 10.5 Å². The highest BCUT2D eigenvalue weighted by molar-refractivity contribution is 5.82. The molecule has 1 aromatic heterocycles. The largest absolute Gasteiger partial charge is 0.455 e. The van der Waals surface area contributed by atoms with Gasteiger partial charge >= 0.3 is 0 Å². The summed E-state index contributed by atoms with van der Waals surface area (Å²) in [4.78, 5) is 12.0. The third-order valence-corrected chi connectivity index (χ3v) is 4.07. The van der Waals surface area contributed by atoms with Crippen molar-refractivity contribution in [1.82, 2.24) is 5.43 Å². The number of benzene rings is 2. The molecule has 2 aromatic carbocycles. The monoisotopic (exact) mass is 350 g/mol. The summed E-state index contributed by atoms with van der Waals surface area (Å²) in [5.74, 6) is 0.604. The molecule has 1 heterocycles. The first-order valence-corrected chi connectivity index (χ1v) is 8.25. The van der Waals surface area contributed by atoms with Crippen LogP contribution in [-0.4, -0.2) is 12.1 Å². The molecule has 0 aliphatic rings. The van der Waals surface area contributed by atoms with Gasteiger partial charge in [0.2, 0.25) is 5.91 Å². The fraction of sp³-hybridized carbons (Fsp3) is 0.143. The molecule has 0 unspecified atom stereocenters. The minimum atomic E-state index is -0.298. The molecule has 0 fully saturated rings. The number of furan rings is 1. The predicted octanol–water partition coefficient (Wildman–Crippen LogP) is 4.40. The van der Waals surface area contributed by atoms with Gasteiger partial charge in [-0.25, -0.2) is 9.82 Å². The highest BCUT2D eigenvalue weighted by Gasteiger charge is 2.05. The van der Waals surface area contributed by atoms with Crippen LogP contribution in [0.3, 0.4) is 0 Å². The second-order valence-corrected chi connectivity index (χ2v) is 6.10. The van der Waals surface area contributed by atoms with E-state index in [0.29, 0.717) is 11.5 Å². The van der Waals surface area contributed by atoms with Crippen molar-refractivity contribution in [3.63, 3.8) is 0 Å². The van der Waals surface area contributed by atoms with Crippen LogP contribution in [0.2, 0.25) is 0 Å². The molecule has 0 spiro atoms. The Morgan fingerprint density at radius 2 is 1.85 bits per heavy atom. The zero-order valence-corrected chi connectivity index (χ0v) is 14.6. The molecular formula is C21H19FN2O2. The molecule has 0 aliphatic heterocycles. The first-order valence-electron chi connectivity index (χ1n) is 8.25. The van der Waals surface area contributed by atoms with Gasteiger partial charge in [0, 0.05) is 5.56 Å². The number of nitrogens with one attached hydrogen (secondary N) is 1. The van der Waals surface area contributed by atoms with E-state index < -0.39 is 0 Å². The molecule has 0 bridgehead atoms. The number of carbonyl (C=O) groups is 1. The van der Waals surface area contributed by atoms with Crippen LogP contribution >= 0.6 is 0 Å². The van der Waals surface area contributed by atoms with E-state index in [-0.39, 0.29) is 18.1 Å². The van der Waals surface area contributed by atoms with E-state index in [1.165, 1.54) is 23.9 Å². The zero-order chi connectivity index (χ0) is 18.5. The summed E-state index contributed by atoms with van der Waals surface area (Å²) >= 11 is 0. The molecule has 0 saturated heterocycles. The maximum Gasteiger partial charge on any atom is 0.244 e. The molecular weight excluding hydrogens is 331 g/mol. The lowest BCUT2D eigenvalue weighted by molar-refractivity contribution is -0.120. The Labute approximate surface area is 151 Å². The fourth-order valence-corrected chi connectivity index (χ4v) is 2.50. The maximum absolute atomic E-state index is 13.0. The Bertz CT molecular complexity index is 943. The quantitative estimate of drug-likeness (QED) is 0.548. The Hall–Kier alpha value is -3.21. The molecule has 1 N–H and O–H groups in total. The first kappa shape index (κ1) is 17.6. The van der Waals surface area contributed by atoms with Gasteiger partial charge in [-0.05, 0) is 66.9 Å². The first-order chi connectivity index (χ1) is 12.5. The molecule has 3 rings (SSSR count). The number of aryl methyl sites for hydroxylation is 2. The van der Waals surface area contributed by atoms with Crippen LogP contribution in [-0.2, 0) is 11.2 Å². The Balaban J connectivity index is 1.57. The van der Waals surface area contributed by atoms with Gasteiger partial charge in [0.05, 0.1) is 12.6 Å². The van der Waals surface area contributed by atoms with Crippen molar-refractivity contribution in [1.29, 1.82) is 0 Å². The number of hydrogen-bond donors (Lipinski definition) is 1. The number of rotatable bonds is 5. The minimum absolute atomic E-state index is 0.199. The normalized spacial score (nSPS) is 11.0. The third-order valence-electron chi connectivity index (χ3n) is 4.07. The van der Waals surface area contributed by atoms with Gasteiger partial charge in [-0.3, -0.25) is 4.79 Å². The number of hydrogen-bond acceptors (Lipinski definition) is 3. The van der Waals surface area contributed by atoms with Crippen molar-refractivity contribution in [2.45, 2.75) is 20.3 Å². The molecule has 132 valence electrons. The van der Waals surface area contributed by atoms with E-state index in [1.54, 1.807) is 24.3 Å². The molecule has 5 heteroatoms. The SMILES string of the molecule is Cc1ccc(CC(=O)N/N=C\c2ccc(-c3ccc(F)cc3)o2)cc1C. The number of carbonyl (C=O) groups excluding carboxylic acids is 1. The van der Waals surface area contributed by atoms with Crippen molar-refractivity contribution in [3.05, 3.63) is 82.9 Å². The molecule has 3 aromatic rings. The molecule has 0 aliphatic carbocycles. The molecule has 4 nitrogen and oxygen atoms in total. The van der Waals surface area contributed by atoms with Crippen molar-refractivity contribution >= 4 is 12.1 Å². The Morgan fingerprint density at radius 1 is 1.08 bits per heavy atom. The van der Waals surface area contributed by atoms with E-state index in [9.17, 15) is 9.18 Å². The predicted molar refractivity (Wildman–Crippen MR) is 99.5 cm³/mol. The van der Waals surface area contributed by atoms with Gasteiger partial charge in [-0.1, -0.05) is 18.2 Å². The van der Waals surface area contributed by atoms with E-state index >= 15 is 0 Å². The van der Waals surface area contributed by atoms with E-state index in [4.69, 9.17) is 4.42 Å². The summed E-state index contributed by atoms with van der Waals surface area (Å²) in [7, 11) is 0. The van der Waals surface area contributed by atoms with Crippen molar-refractivity contribution in [2.24, 2.45) is 5.10 Å². The Kier molecular flexibility index (Phi) is 5.27. The lowest BCUT2D eigenvalue weighted by Gasteiger charge is -2.04. The van der Waals surface area contributed by atoms with Crippen LogP contribution < -0.4 is 5.43 Å². The van der Waals surface area contributed by atoms with Gasteiger partial charge in [-0.15, -0.1) is 0 Å². The number of nitrogens with zero attached hydrogens (tertiary/aromatic N) is 1. The highest BCUT2D eigenvalue weighted by Crippen LogP contribution is 2.21. The van der Waals surface area contributed by atoms with Crippen molar-refractivity contribution in [2.75, 3.05) is 0 Å². The molecule has 0 radical (unpaired) electrons. The van der Waals surface area contributed by atoms with Crippen LogP contribution in [0, 0.1) is 19.7 Å². The van der Waals surface area contributed by atoms with Crippen LogP contribution in [0.5, 0.6) is 0 Å². The standard InChI is InChI=1S/C21H19FN2O2/c1-14-3-4-16(11-15(14)2)12-21(25)24-23-13-19-9-10-20(26-19)17-5-7-18(22)8-6-17/h3-11,13H,12H2,1-2H3,(H,24,25)/b23-13-. The van der Waals surface area contributed by atoms with Crippen molar-refractivity contribution in [3.8, 4) is 11.3 Å². The number of amides is 1. The molecule has 26 heavy (non-hydrogen) atoms. The highest BCUT2D eigenvalue weighted by atomic mass is 19.1. The van der Waals surface area contributed by atoms with Crippen LogP contribution in [0.15, 0.2) is 64.1 Å². The number of hydrazone groups is 1. The summed E-state index contributed by atoms with van der Waals surface area (Å²) in [6.45, 7) is 4.05. The summed E-state index contributed by atoms with van der Waals surface area (Å²) in [6.07, 6.45) is 1.70.